The van der Waals surface area contributed by atoms with Crippen LogP contribution < -0.4 is 4.90 Å². The molecule has 2 aromatic carbocycles. The van der Waals surface area contributed by atoms with Crippen molar-refractivity contribution in [3.63, 3.8) is 0 Å². The first-order chi connectivity index (χ1) is 14.2. The molecule has 0 radical (unpaired) electrons. The minimum Gasteiger partial charge on any atom is -0.392 e. The zero-order chi connectivity index (χ0) is 20.1. The Labute approximate surface area is 170 Å². The molecule has 1 unspecified atom stereocenters. The van der Waals surface area contributed by atoms with Crippen molar-refractivity contribution in [1.82, 2.24) is 4.90 Å². The third kappa shape index (κ3) is 4.92. The summed E-state index contributed by atoms with van der Waals surface area (Å²) in [7, 11) is 0. The van der Waals surface area contributed by atoms with Gasteiger partial charge in [0.2, 0.25) is 0 Å². The molecule has 0 N–H and O–H groups in total. The second kappa shape index (κ2) is 9.05. The molecule has 7 nitrogen and oxygen atoms in total. The molecular formula is C22H26N4O3. The molecule has 0 saturated carbocycles. The summed E-state index contributed by atoms with van der Waals surface area (Å²) < 4.78 is 0. The lowest BCUT2D eigenvalue weighted by Crippen LogP contribution is -2.46. The summed E-state index contributed by atoms with van der Waals surface area (Å²) in [4.78, 5) is 21.1. The van der Waals surface area contributed by atoms with Gasteiger partial charge in [-0.2, -0.15) is 0 Å². The molecule has 0 aromatic heterocycles. The van der Waals surface area contributed by atoms with Crippen LogP contribution >= 0.6 is 0 Å². The molecule has 7 heteroatoms. The van der Waals surface area contributed by atoms with Crippen LogP contribution in [-0.4, -0.2) is 54.4 Å². The zero-order valence-corrected chi connectivity index (χ0v) is 16.4. The lowest BCUT2D eigenvalue weighted by Gasteiger charge is -2.36. The number of para-hydroxylation sites is 1. The average molecular weight is 394 g/mol. The number of nitro benzene ring substituents is 1. The predicted molar refractivity (Wildman–Crippen MR) is 113 cm³/mol. The van der Waals surface area contributed by atoms with Gasteiger partial charge in [0.15, 0.2) is 0 Å². The quantitative estimate of drug-likeness (QED) is 0.529. The highest BCUT2D eigenvalue weighted by molar-refractivity contribution is 6.01. The van der Waals surface area contributed by atoms with Gasteiger partial charge in [-0.3, -0.25) is 15.0 Å². The summed E-state index contributed by atoms with van der Waals surface area (Å²) in [6.45, 7) is 5.34. The fourth-order valence-electron chi connectivity index (χ4n) is 3.96. The van der Waals surface area contributed by atoms with Crippen molar-refractivity contribution in [1.29, 1.82) is 0 Å². The summed E-state index contributed by atoms with van der Waals surface area (Å²) in [5.74, 6) is 0. The van der Waals surface area contributed by atoms with Gasteiger partial charge in [0.1, 0.15) is 6.10 Å². The van der Waals surface area contributed by atoms with E-state index in [0.29, 0.717) is 6.42 Å². The molecule has 2 heterocycles. The molecule has 2 aromatic rings. The van der Waals surface area contributed by atoms with E-state index in [1.54, 1.807) is 12.1 Å². The molecular weight excluding hydrogens is 368 g/mol. The van der Waals surface area contributed by atoms with Crippen molar-refractivity contribution in [3.8, 4) is 0 Å². The van der Waals surface area contributed by atoms with Crippen molar-refractivity contribution in [2.24, 2.45) is 5.16 Å². The Morgan fingerprint density at radius 2 is 1.86 bits per heavy atom. The number of nitro groups is 1. The normalized spacial score (nSPS) is 19.7. The molecule has 0 amide bonds. The van der Waals surface area contributed by atoms with E-state index in [1.807, 2.05) is 6.07 Å². The third-order valence-electron chi connectivity index (χ3n) is 5.62. The molecule has 0 spiro atoms. The number of benzene rings is 2. The molecule has 0 aliphatic carbocycles. The number of hydrogen-bond acceptors (Lipinski definition) is 6. The molecule has 1 saturated heterocycles. The van der Waals surface area contributed by atoms with E-state index in [-0.39, 0.29) is 16.7 Å². The standard InChI is InChI=1S/C22H26N4O3/c27-26(28)20-9-4-6-18(16-20)22-17-21(29-23-22)10-5-11-24-12-14-25(15-13-24)19-7-2-1-3-8-19/h1-4,6-9,16,21H,5,10-15,17H2. The highest BCUT2D eigenvalue weighted by atomic mass is 16.6. The molecule has 1 atom stereocenters. The molecule has 2 aliphatic rings. The van der Waals surface area contributed by atoms with Crippen LogP contribution in [0.3, 0.4) is 0 Å². The van der Waals surface area contributed by atoms with Crippen molar-refractivity contribution in [2.75, 3.05) is 37.6 Å². The maximum atomic E-state index is 11.0. The van der Waals surface area contributed by atoms with Crippen molar-refractivity contribution < 1.29 is 9.76 Å². The van der Waals surface area contributed by atoms with Crippen LogP contribution in [0.4, 0.5) is 11.4 Å². The van der Waals surface area contributed by atoms with Gasteiger partial charge in [-0.15, -0.1) is 0 Å². The Hall–Kier alpha value is -2.93. The van der Waals surface area contributed by atoms with Crippen LogP contribution in [0.1, 0.15) is 24.8 Å². The van der Waals surface area contributed by atoms with Crippen molar-refractivity contribution in [3.05, 3.63) is 70.3 Å². The first-order valence-corrected chi connectivity index (χ1v) is 10.2. The Morgan fingerprint density at radius 3 is 2.62 bits per heavy atom. The minimum atomic E-state index is -0.380. The Balaban J connectivity index is 1.18. The topological polar surface area (TPSA) is 71.2 Å². The molecule has 4 rings (SSSR count). The van der Waals surface area contributed by atoms with Gasteiger partial charge in [-0.1, -0.05) is 35.5 Å². The Kier molecular flexibility index (Phi) is 6.05. The number of oxime groups is 1. The minimum absolute atomic E-state index is 0.0647. The second-order valence-corrected chi connectivity index (χ2v) is 7.58. The van der Waals surface area contributed by atoms with Gasteiger partial charge in [-0.05, 0) is 31.5 Å². The summed E-state index contributed by atoms with van der Waals surface area (Å²) in [6, 6.07) is 17.2. The molecule has 0 bridgehead atoms. The highest BCUT2D eigenvalue weighted by Gasteiger charge is 2.24. The second-order valence-electron chi connectivity index (χ2n) is 7.58. The number of non-ortho nitro benzene ring substituents is 1. The Morgan fingerprint density at radius 1 is 1.07 bits per heavy atom. The van der Waals surface area contributed by atoms with Gasteiger partial charge >= 0.3 is 0 Å². The first kappa shape index (κ1) is 19.4. The summed E-state index contributed by atoms with van der Waals surface area (Å²) in [5, 5.41) is 15.1. The predicted octanol–water partition coefficient (Wildman–Crippen LogP) is 3.69. The maximum Gasteiger partial charge on any atom is 0.270 e. The van der Waals surface area contributed by atoms with Gasteiger partial charge in [0, 0.05) is 56.0 Å². The average Bonchev–Trinajstić information content (AvgIpc) is 3.24. The fourth-order valence-corrected chi connectivity index (χ4v) is 3.96. The molecule has 29 heavy (non-hydrogen) atoms. The van der Waals surface area contributed by atoms with Crippen molar-refractivity contribution >= 4 is 17.1 Å². The van der Waals surface area contributed by atoms with Crippen LogP contribution in [0.25, 0.3) is 0 Å². The van der Waals surface area contributed by atoms with Crippen LogP contribution in [0.15, 0.2) is 59.8 Å². The SMILES string of the molecule is O=[N+]([O-])c1cccc(C2=NOC(CCCN3CCN(c4ccccc4)CC3)C2)c1. The fraction of sp³-hybridized carbons (Fsp3) is 0.409. The van der Waals surface area contributed by atoms with Gasteiger partial charge in [-0.25, -0.2) is 0 Å². The van der Waals surface area contributed by atoms with E-state index in [0.717, 1.165) is 56.8 Å². The van der Waals surface area contributed by atoms with Gasteiger partial charge in [0.05, 0.1) is 10.6 Å². The molecule has 2 aliphatic heterocycles. The Bertz CT molecular complexity index is 863. The summed E-state index contributed by atoms with van der Waals surface area (Å²) in [6.07, 6.45) is 2.78. The third-order valence-corrected chi connectivity index (χ3v) is 5.62. The van der Waals surface area contributed by atoms with Crippen LogP contribution in [0, 0.1) is 10.1 Å². The molecule has 1 fully saturated rings. The van der Waals surface area contributed by atoms with Crippen LogP contribution in [0.2, 0.25) is 0 Å². The highest BCUT2D eigenvalue weighted by Crippen LogP contribution is 2.23. The largest absolute Gasteiger partial charge is 0.392 e. The number of piperazine rings is 1. The smallest absolute Gasteiger partial charge is 0.270 e. The summed E-state index contributed by atoms with van der Waals surface area (Å²) in [5.41, 5.74) is 2.97. The summed E-state index contributed by atoms with van der Waals surface area (Å²) >= 11 is 0. The molecule has 152 valence electrons. The van der Waals surface area contributed by atoms with Gasteiger partial charge in [0.25, 0.3) is 5.69 Å². The number of hydrogen-bond donors (Lipinski definition) is 0. The zero-order valence-electron chi connectivity index (χ0n) is 16.4. The van der Waals surface area contributed by atoms with Crippen molar-refractivity contribution in [2.45, 2.75) is 25.4 Å². The number of nitrogens with zero attached hydrogens (tertiary/aromatic N) is 4. The van der Waals surface area contributed by atoms with E-state index < -0.39 is 0 Å². The lowest BCUT2D eigenvalue weighted by molar-refractivity contribution is -0.384. The number of anilines is 1. The monoisotopic (exact) mass is 394 g/mol. The maximum absolute atomic E-state index is 11.0. The number of rotatable bonds is 7. The van der Waals surface area contributed by atoms with E-state index in [9.17, 15) is 10.1 Å². The van der Waals surface area contributed by atoms with E-state index in [2.05, 4.69) is 45.3 Å². The van der Waals surface area contributed by atoms with Crippen LogP contribution in [0.5, 0.6) is 0 Å². The van der Waals surface area contributed by atoms with Crippen LogP contribution in [-0.2, 0) is 4.84 Å². The van der Waals surface area contributed by atoms with Gasteiger partial charge < -0.3 is 9.74 Å². The van der Waals surface area contributed by atoms with E-state index >= 15 is 0 Å². The lowest BCUT2D eigenvalue weighted by atomic mass is 10.0. The van der Waals surface area contributed by atoms with E-state index in [1.165, 1.54) is 11.8 Å². The first-order valence-electron chi connectivity index (χ1n) is 10.2. The van der Waals surface area contributed by atoms with E-state index in [4.69, 9.17) is 4.84 Å².